The second kappa shape index (κ2) is 20.8. The molecule has 3 rings (SSSR count). The van der Waals surface area contributed by atoms with Gasteiger partial charge in [-0.15, -0.1) is 0 Å². The summed E-state index contributed by atoms with van der Waals surface area (Å²) in [6.07, 6.45) is -21.4. The highest BCUT2D eigenvalue weighted by molar-refractivity contribution is 7.97. The van der Waals surface area contributed by atoms with Crippen molar-refractivity contribution in [2.75, 3.05) is 0 Å². The summed E-state index contributed by atoms with van der Waals surface area (Å²) in [7, 11) is -21.8. The number of hydrogen-bond donors (Lipinski definition) is 2. The average Bonchev–Trinajstić information content (AvgIpc) is 3.17. The Hall–Kier alpha value is -4.15. The van der Waals surface area contributed by atoms with Crippen molar-refractivity contribution < 1.29 is 157 Å². The van der Waals surface area contributed by atoms with Crippen molar-refractivity contribution in [2.24, 2.45) is 0 Å². The molecule has 3 aromatic rings. The number of hydrogen-bond acceptors (Lipinski definition) is 7. The summed E-state index contributed by atoms with van der Waals surface area (Å²) in [5.74, 6) is -44.3. The van der Waals surface area contributed by atoms with E-state index < -0.39 is 100 Å². The molecule has 0 unspecified atom stereocenters. The molecule has 0 saturated heterocycles. The lowest BCUT2D eigenvalue weighted by Crippen LogP contribution is -2.63. The van der Waals surface area contributed by atoms with E-state index in [4.69, 9.17) is 9.11 Å². The molecule has 9 nitrogen and oxygen atoms in total. The third-order valence-corrected chi connectivity index (χ3v) is 12.2. The van der Waals surface area contributed by atoms with Crippen LogP contribution in [0.2, 0.25) is 0 Å². The Bertz CT molecular complexity index is 2240. The summed E-state index contributed by atoms with van der Waals surface area (Å²) in [6.45, 7) is 0. The maximum absolute atomic E-state index is 12.2. The molecule has 0 heterocycles. The van der Waals surface area contributed by atoms with Crippen molar-refractivity contribution >= 4 is 41.2 Å². The predicted octanol–water partition coefficient (Wildman–Crippen LogP) is 11.3. The molecule has 3 aromatic carbocycles. The molecule has 70 heavy (non-hydrogen) atoms. The Balaban J connectivity index is 0.000000909. The number of halogens is 27. The molecule has 0 amide bonds. The van der Waals surface area contributed by atoms with Gasteiger partial charge in [-0.1, -0.05) is 54.6 Å². The third kappa shape index (κ3) is 12.9. The molecule has 2 N–H and O–H groups in total. The first-order valence-electron chi connectivity index (χ1n) is 15.8. The van der Waals surface area contributed by atoms with Gasteiger partial charge in [-0.25, -0.2) is 8.42 Å². The lowest BCUT2D eigenvalue weighted by Gasteiger charge is -2.34. The van der Waals surface area contributed by atoms with Crippen LogP contribution in [0.25, 0.3) is 0 Å². The fourth-order valence-corrected chi connectivity index (χ4v) is 7.09. The third-order valence-electron chi connectivity index (χ3n) is 7.25. The largest absolute Gasteiger partial charge is 0.743 e. The molecule has 0 radical (unpaired) electrons. The molecule has 404 valence electrons. The van der Waals surface area contributed by atoms with E-state index in [1.54, 1.807) is 0 Å². The van der Waals surface area contributed by atoms with E-state index in [-0.39, 0.29) is 10.9 Å². The van der Waals surface area contributed by atoms with E-state index in [0.29, 0.717) is 0 Å². The number of rotatable bonds is 12. The van der Waals surface area contributed by atoms with Gasteiger partial charge in [0, 0.05) is 0 Å². The van der Waals surface area contributed by atoms with Gasteiger partial charge < -0.3 is 4.55 Å². The van der Waals surface area contributed by atoms with Crippen LogP contribution in [0.4, 0.5) is 119 Å². The molecular weight excluding hydrogens is 1150 g/mol. The highest BCUT2D eigenvalue weighted by atomic mass is 32.2. The van der Waals surface area contributed by atoms with Gasteiger partial charge in [0.15, 0.2) is 24.8 Å². The molecule has 0 aliphatic carbocycles. The van der Waals surface area contributed by atoms with Crippen molar-refractivity contribution in [3.63, 3.8) is 0 Å². The van der Waals surface area contributed by atoms with Crippen LogP contribution in [-0.2, 0) is 41.2 Å². The van der Waals surface area contributed by atoms with Crippen LogP contribution in [0, 0.1) is 0 Å². The second-order valence-electron chi connectivity index (χ2n) is 12.1. The van der Waals surface area contributed by atoms with Crippen LogP contribution in [0.3, 0.4) is 0 Å². The lowest BCUT2D eigenvalue weighted by molar-refractivity contribution is -0.382. The molecule has 0 atom stereocenters. The minimum Gasteiger partial charge on any atom is -0.743 e. The van der Waals surface area contributed by atoms with Crippen molar-refractivity contribution in [2.45, 2.75) is 84.5 Å². The molecule has 0 spiro atoms. The van der Waals surface area contributed by atoms with E-state index in [9.17, 15) is 148 Å². The Kier molecular flexibility index (Phi) is 19.5. The summed E-state index contributed by atoms with van der Waals surface area (Å²) in [6, 6.07) is 32.2. The Morgan fingerprint density at radius 1 is 0.314 bits per heavy atom. The molecule has 0 aliphatic rings. The number of alkyl halides is 27. The molecule has 0 fully saturated rings. The summed E-state index contributed by atoms with van der Waals surface area (Å²) in [4.78, 5) is 4.08. The maximum Gasteiger partial charge on any atom is 0.460 e. The van der Waals surface area contributed by atoms with E-state index in [0.717, 1.165) is 0 Å². The smallest absolute Gasteiger partial charge is 0.460 e. The van der Waals surface area contributed by atoms with Gasteiger partial charge in [0.25, 0.3) is 0 Å². The molecular formula is C30H17F27O9S4. The first kappa shape index (κ1) is 65.8. The first-order chi connectivity index (χ1) is 30.4. The Morgan fingerprint density at radius 2 is 0.486 bits per heavy atom. The van der Waals surface area contributed by atoms with Crippen LogP contribution >= 0.6 is 0 Å². The van der Waals surface area contributed by atoms with E-state index in [1.165, 1.54) is 14.7 Å². The van der Waals surface area contributed by atoms with Crippen LogP contribution in [0.15, 0.2) is 106 Å². The van der Waals surface area contributed by atoms with Gasteiger partial charge in [-0.2, -0.15) is 135 Å². The quantitative estimate of drug-likeness (QED) is 0.102. The van der Waals surface area contributed by atoms with Gasteiger partial charge in [0.2, 0.25) is 0 Å². The SMILES string of the molecule is O=S(=O)(O)C(F)(F)C(F)(F)C(F)(F)C(F)(F)F.O=S(=O)(O)C(F)(F)C(F)(F)C(F)(F)C(F)(F)F.O=S(=O)([O-])C(F)(F)C(F)(F)C(F)(F)C(F)(F)F.c1ccc([S+](c2ccccc2)c2ccccc2)cc1. The highest BCUT2D eigenvalue weighted by Crippen LogP contribution is 2.57. The summed E-state index contributed by atoms with van der Waals surface area (Å²) in [5, 5.41) is -21.1. The van der Waals surface area contributed by atoms with Gasteiger partial charge in [-0.05, 0) is 36.4 Å². The van der Waals surface area contributed by atoms with Gasteiger partial charge >= 0.3 is 90.1 Å². The lowest BCUT2D eigenvalue weighted by atomic mass is 10.1. The van der Waals surface area contributed by atoms with Crippen molar-refractivity contribution in [3.8, 4) is 0 Å². The molecule has 0 saturated carbocycles. The van der Waals surface area contributed by atoms with Gasteiger partial charge in [0.05, 0.1) is 10.9 Å². The minimum atomic E-state index is -7.43. The highest BCUT2D eigenvalue weighted by Gasteiger charge is 2.87. The fourth-order valence-electron chi connectivity index (χ4n) is 3.64. The zero-order chi connectivity index (χ0) is 56.4. The Labute approximate surface area is 373 Å². The van der Waals surface area contributed by atoms with E-state index >= 15 is 0 Å². The Morgan fingerprint density at radius 3 is 0.629 bits per heavy atom. The second-order valence-corrected chi connectivity index (χ2v) is 18.5. The molecule has 0 aliphatic heterocycles. The van der Waals surface area contributed by atoms with Crippen LogP contribution in [0.5, 0.6) is 0 Å². The van der Waals surface area contributed by atoms with Gasteiger partial charge in [-0.3, -0.25) is 9.11 Å². The molecule has 0 aromatic heterocycles. The topological polar surface area (TPSA) is 166 Å². The van der Waals surface area contributed by atoms with Gasteiger partial charge in [0.1, 0.15) is 0 Å². The van der Waals surface area contributed by atoms with E-state index in [2.05, 4.69) is 91.0 Å². The van der Waals surface area contributed by atoms with Crippen LogP contribution in [0.1, 0.15) is 0 Å². The minimum absolute atomic E-state index is 0.0146. The molecule has 0 bridgehead atoms. The van der Waals surface area contributed by atoms with E-state index in [1.807, 2.05) is 0 Å². The zero-order valence-electron chi connectivity index (χ0n) is 31.8. The monoisotopic (exact) mass is 1160 g/mol. The van der Waals surface area contributed by atoms with Crippen LogP contribution in [-0.4, -0.2) is 109 Å². The summed E-state index contributed by atoms with van der Waals surface area (Å²) < 4.78 is 403. The predicted molar refractivity (Wildman–Crippen MR) is 177 cm³/mol. The van der Waals surface area contributed by atoms with Crippen molar-refractivity contribution in [3.05, 3.63) is 91.0 Å². The first-order valence-corrected chi connectivity index (χ1v) is 21.4. The molecule has 40 heteroatoms. The van der Waals surface area contributed by atoms with Crippen molar-refractivity contribution in [1.82, 2.24) is 0 Å². The fraction of sp³-hybridized carbons (Fsp3) is 0.400. The standard InChI is InChI=1S/C18H15S.3C4HF9O3S/c1-4-10-16(11-5-1)19(17-12-6-2-7-13-17)18-14-8-3-9-15-18;3*5-1(6,3(9,10)11)2(7,8)4(12,13)17(14,15)16/h1-15H;3*(H,14,15,16)/q+1;;;/p-1. The number of benzene rings is 3. The zero-order valence-corrected chi connectivity index (χ0v) is 35.0. The summed E-state index contributed by atoms with van der Waals surface area (Å²) >= 11 is 0. The van der Waals surface area contributed by atoms with Crippen LogP contribution < -0.4 is 0 Å². The normalized spacial score (nSPS) is 14.6. The maximum atomic E-state index is 12.2. The van der Waals surface area contributed by atoms with Crippen molar-refractivity contribution in [1.29, 1.82) is 0 Å². The average molecular weight is 1160 g/mol. The summed E-state index contributed by atoms with van der Waals surface area (Å²) in [5.41, 5.74) is 0.